The lowest BCUT2D eigenvalue weighted by Crippen LogP contribution is -2.16. The van der Waals surface area contributed by atoms with Gasteiger partial charge in [0.15, 0.2) is 0 Å². The summed E-state index contributed by atoms with van der Waals surface area (Å²) in [6.07, 6.45) is 6.93. The van der Waals surface area contributed by atoms with Gasteiger partial charge < -0.3 is 9.84 Å². The summed E-state index contributed by atoms with van der Waals surface area (Å²) in [7, 11) is 1.53. The number of aliphatic carboxylic acids is 1. The number of hydrogen-bond acceptors (Lipinski definition) is 2. The monoisotopic (exact) mass is 214 g/mol. The van der Waals surface area contributed by atoms with E-state index in [0.29, 0.717) is 5.57 Å². The third-order valence-corrected chi connectivity index (χ3v) is 2.46. The molecule has 0 bridgehead atoms. The van der Waals surface area contributed by atoms with Gasteiger partial charge in [-0.2, -0.15) is 0 Å². The van der Waals surface area contributed by atoms with E-state index in [2.05, 4.69) is 6.92 Å². The lowest BCUT2D eigenvalue weighted by molar-refractivity contribution is -0.133. The van der Waals surface area contributed by atoms with E-state index in [4.69, 9.17) is 9.84 Å². The van der Waals surface area contributed by atoms with Crippen LogP contribution in [0.5, 0.6) is 0 Å². The molecule has 0 aromatic rings. The Hall–Kier alpha value is -0.830. The molecule has 1 atom stereocenters. The molecular formula is C12H22O3. The van der Waals surface area contributed by atoms with Crippen LogP contribution in [0.1, 0.15) is 46.0 Å². The first-order chi connectivity index (χ1) is 7.13. The van der Waals surface area contributed by atoms with Gasteiger partial charge in [0.2, 0.25) is 0 Å². The van der Waals surface area contributed by atoms with Gasteiger partial charge in [-0.05, 0) is 19.8 Å². The lowest BCUT2D eigenvalue weighted by atomic mass is 10.1. The Kier molecular flexibility index (Phi) is 8.01. The number of rotatable bonds is 8. The van der Waals surface area contributed by atoms with Crippen LogP contribution in [0, 0.1) is 0 Å². The van der Waals surface area contributed by atoms with Crippen LogP contribution in [-0.2, 0) is 9.53 Å². The summed E-state index contributed by atoms with van der Waals surface area (Å²) in [6.45, 7) is 3.91. The number of methoxy groups -OCH3 is 1. The molecule has 88 valence electrons. The van der Waals surface area contributed by atoms with Crippen LogP contribution in [0.4, 0.5) is 0 Å². The van der Waals surface area contributed by atoms with E-state index in [9.17, 15) is 4.79 Å². The fourth-order valence-corrected chi connectivity index (χ4v) is 1.38. The van der Waals surface area contributed by atoms with Crippen LogP contribution in [0.15, 0.2) is 11.6 Å². The third kappa shape index (κ3) is 6.28. The normalized spacial score (nSPS) is 13.9. The molecule has 0 radical (unpaired) electrons. The van der Waals surface area contributed by atoms with E-state index in [1.165, 1.54) is 26.4 Å². The molecule has 0 saturated heterocycles. The quantitative estimate of drug-likeness (QED) is 0.499. The Morgan fingerprint density at radius 3 is 2.53 bits per heavy atom. The summed E-state index contributed by atoms with van der Waals surface area (Å²) in [5.41, 5.74) is 0.369. The molecule has 0 rings (SSSR count). The number of allylic oxidation sites excluding steroid dienone is 1. The van der Waals surface area contributed by atoms with Gasteiger partial charge in [-0.1, -0.05) is 32.3 Å². The van der Waals surface area contributed by atoms with E-state index < -0.39 is 5.97 Å². The topological polar surface area (TPSA) is 46.5 Å². The molecule has 15 heavy (non-hydrogen) atoms. The van der Waals surface area contributed by atoms with Crippen LogP contribution in [-0.4, -0.2) is 24.3 Å². The summed E-state index contributed by atoms with van der Waals surface area (Å²) in [5, 5.41) is 8.93. The summed E-state index contributed by atoms with van der Waals surface area (Å²) < 4.78 is 5.00. The van der Waals surface area contributed by atoms with Crippen molar-refractivity contribution in [2.75, 3.05) is 7.11 Å². The smallest absolute Gasteiger partial charge is 0.333 e. The first-order valence-corrected chi connectivity index (χ1v) is 5.59. The second kappa shape index (κ2) is 8.48. The van der Waals surface area contributed by atoms with Gasteiger partial charge in [0.05, 0.1) is 11.7 Å². The fraction of sp³-hybridized carbons (Fsp3) is 0.750. The highest BCUT2D eigenvalue weighted by atomic mass is 16.5. The van der Waals surface area contributed by atoms with Crippen molar-refractivity contribution < 1.29 is 14.6 Å². The molecule has 0 fully saturated rings. The molecule has 0 spiro atoms. The van der Waals surface area contributed by atoms with Crippen molar-refractivity contribution in [2.45, 2.75) is 52.1 Å². The summed E-state index contributed by atoms with van der Waals surface area (Å²) in [5.74, 6) is -0.875. The van der Waals surface area contributed by atoms with Gasteiger partial charge in [-0.3, -0.25) is 0 Å². The average Bonchev–Trinajstić information content (AvgIpc) is 2.22. The van der Waals surface area contributed by atoms with E-state index in [0.717, 1.165) is 12.8 Å². The Balaban J connectivity index is 4.01. The second-order valence-corrected chi connectivity index (χ2v) is 3.69. The number of hydrogen-bond donors (Lipinski definition) is 1. The van der Waals surface area contributed by atoms with Crippen LogP contribution >= 0.6 is 0 Å². The summed E-state index contributed by atoms with van der Waals surface area (Å²) in [4.78, 5) is 10.9. The average molecular weight is 214 g/mol. The van der Waals surface area contributed by atoms with Gasteiger partial charge in [-0.15, -0.1) is 0 Å². The van der Waals surface area contributed by atoms with Crippen molar-refractivity contribution in [3.63, 3.8) is 0 Å². The molecule has 0 saturated carbocycles. The Labute approximate surface area is 92.1 Å². The van der Waals surface area contributed by atoms with Crippen molar-refractivity contribution in [1.29, 1.82) is 0 Å². The SMILES string of the molecule is CCCCCCC=C(C(=O)O)C(C)OC. The molecular weight excluding hydrogens is 192 g/mol. The number of carbonyl (C=O) groups is 1. The molecule has 3 nitrogen and oxygen atoms in total. The number of unbranched alkanes of at least 4 members (excludes halogenated alkanes) is 4. The van der Waals surface area contributed by atoms with E-state index >= 15 is 0 Å². The summed E-state index contributed by atoms with van der Waals surface area (Å²) >= 11 is 0. The Morgan fingerprint density at radius 1 is 1.40 bits per heavy atom. The van der Waals surface area contributed by atoms with Gasteiger partial charge in [0.1, 0.15) is 0 Å². The predicted molar refractivity (Wildman–Crippen MR) is 60.9 cm³/mol. The molecule has 0 aromatic heterocycles. The number of carboxylic acids is 1. The first-order valence-electron chi connectivity index (χ1n) is 5.59. The highest BCUT2D eigenvalue weighted by molar-refractivity contribution is 5.87. The van der Waals surface area contributed by atoms with Crippen LogP contribution in [0.2, 0.25) is 0 Å². The zero-order valence-electron chi connectivity index (χ0n) is 9.95. The van der Waals surface area contributed by atoms with Crippen molar-refractivity contribution in [2.24, 2.45) is 0 Å². The lowest BCUT2D eigenvalue weighted by Gasteiger charge is -2.10. The van der Waals surface area contributed by atoms with E-state index in [1.807, 2.05) is 0 Å². The summed E-state index contributed by atoms with van der Waals surface area (Å²) in [6, 6.07) is 0. The fourth-order valence-electron chi connectivity index (χ4n) is 1.38. The predicted octanol–water partition coefficient (Wildman–Crippen LogP) is 3.00. The van der Waals surface area contributed by atoms with Crippen LogP contribution in [0.3, 0.4) is 0 Å². The second-order valence-electron chi connectivity index (χ2n) is 3.69. The van der Waals surface area contributed by atoms with Gasteiger partial charge in [0.25, 0.3) is 0 Å². The molecule has 0 aliphatic heterocycles. The van der Waals surface area contributed by atoms with Crippen molar-refractivity contribution in [3.8, 4) is 0 Å². The molecule has 0 aromatic carbocycles. The van der Waals surface area contributed by atoms with Crippen molar-refractivity contribution >= 4 is 5.97 Å². The molecule has 0 aliphatic rings. The largest absolute Gasteiger partial charge is 0.478 e. The highest BCUT2D eigenvalue weighted by Crippen LogP contribution is 2.10. The highest BCUT2D eigenvalue weighted by Gasteiger charge is 2.14. The number of ether oxygens (including phenoxy) is 1. The minimum atomic E-state index is -0.875. The van der Waals surface area contributed by atoms with E-state index in [1.54, 1.807) is 13.0 Å². The molecule has 0 aliphatic carbocycles. The zero-order chi connectivity index (χ0) is 11.7. The Morgan fingerprint density at radius 2 is 2.07 bits per heavy atom. The van der Waals surface area contributed by atoms with Gasteiger partial charge in [-0.25, -0.2) is 4.79 Å². The maximum Gasteiger partial charge on any atom is 0.333 e. The minimum absolute atomic E-state index is 0.325. The first kappa shape index (κ1) is 14.2. The molecule has 0 heterocycles. The van der Waals surface area contributed by atoms with Crippen LogP contribution < -0.4 is 0 Å². The van der Waals surface area contributed by atoms with E-state index in [-0.39, 0.29) is 6.10 Å². The standard InChI is InChI=1S/C12H22O3/c1-4-5-6-7-8-9-11(12(13)14)10(2)15-3/h9-10H,4-8H2,1-3H3,(H,13,14). The number of carboxylic acid groups (broad SMARTS) is 1. The van der Waals surface area contributed by atoms with Crippen LogP contribution in [0.25, 0.3) is 0 Å². The maximum absolute atomic E-state index is 10.9. The zero-order valence-corrected chi connectivity index (χ0v) is 9.95. The molecule has 1 N–H and O–H groups in total. The molecule has 1 unspecified atom stereocenters. The van der Waals surface area contributed by atoms with Gasteiger partial charge >= 0.3 is 5.97 Å². The minimum Gasteiger partial charge on any atom is -0.478 e. The van der Waals surface area contributed by atoms with Crippen molar-refractivity contribution in [3.05, 3.63) is 11.6 Å². The third-order valence-electron chi connectivity index (χ3n) is 2.46. The molecule has 3 heteroatoms. The molecule has 0 amide bonds. The Bertz CT molecular complexity index is 209. The van der Waals surface area contributed by atoms with Crippen molar-refractivity contribution in [1.82, 2.24) is 0 Å². The maximum atomic E-state index is 10.9. The van der Waals surface area contributed by atoms with Gasteiger partial charge in [0, 0.05) is 7.11 Å².